The van der Waals surface area contributed by atoms with Crippen molar-refractivity contribution in [3.63, 3.8) is 0 Å². The van der Waals surface area contributed by atoms with Gasteiger partial charge in [-0.2, -0.15) is 4.21 Å². The van der Waals surface area contributed by atoms with Crippen LogP contribution in [-0.2, 0) is 33.0 Å². The topological polar surface area (TPSA) is 63.2 Å². The molecule has 0 aromatic heterocycles. The number of hydrogen-bond acceptors (Lipinski definition) is 6. The first-order chi connectivity index (χ1) is 9.06. The van der Waals surface area contributed by atoms with Crippen molar-refractivity contribution in [1.82, 2.24) is 0 Å². The number of rotatable bonds is 12. The van der Waals surface area contributed by atoms with Crippen LogP contribution >= 0.6 is 0 Å². The standard InChI is InChI=1S/C11H26O6SSi/c1-6-13-18(12)14-10-11(5)19(15-7-2,16-8-3)17-9-4/h11H,6-10H2,1-5H3. The van der Waals surface area contributed by atoms with E-state index in [4.69, 9.17) is 21.6 Å². The zero-order valence-corrected chi connectivity index (χ0v) is 14.3. The molecule has 0 saturated carbocycles. The van der Waals surface area contributed by atoms with E-state index in [1.54, 1.807) is 6.92 Å². The summed E-state index contributed by atoms with van der Waals surface area (Å²) in [5, 5.41) is 0. The normalized spacial score (nSPS) is 15.4. The molecule has 0 saturated heterocycles. The number of hydrogen-bond donors (Lipinski definition) is 0. The average Bonchev–Trinajstić information content (AvgIpc) is 2.37. The summed E-state index contributed by atoms with van der Waals surface area (Å²) in [6.07, 6.45) is 0. The molecule has 0 aromatic rings. The summed E-state index contributed by atoms with van der Waals surface area (Å²) in [5.74, 6) is 0. The first-order valence-corrected chi connectivity index (χ1v) is 9.46. The van der Waals surface area contributed by atoms with Gasteiger partial charge in [-0.3, -0.25) is 8.37 Å². The van der Waals surface area contributed by atoms with Crippen LogP contribution in [0.4, 0.5) is 0 Å². The van der Waals surface area contributed by atoms with Crippen molar-refractivity contribution in [2.45, 2.75) is 40.2 Å². The maximum absolute atomic E-state index is 11.3. The van der Waals surface area contributed by atoms with Gasteiger partial charge in [-0.1, -0.05) is 6.92 Å². The van der Waals surface area contributed by atoms with Gasteiger partial charge in [-0.05, 0) is 27.7 Å². The predicted octanol–water partition coefficient (Wildman–Crippen LogP) is 2.06. The molecule has 0 heterocycles. The fourth-order valence-corrected chi connectivity index (χ4v) is 4.84. The highest BCUT2D eigenvalue weighted by atomic mass is 32.2. The molecule has 0 amide bonds. The van der Waals surface area contributed by atoms with Crippen LogP contribution in [0, 0.1) is 0 Å². The molecule has 6 nitrogen and oxygen atoms in total. The Morgan fingerprint density at radius 1 is 0.895 bits per heavy atom. The van der Waals surface area contributed by atoms with Gasteiger partial charge in [-0.25, -0.2) is 0 Å². The fourth-order valence-electron chi connectivity index (χ4n) is 1.55. The third kappa shape index (κ3) is 6.93. The molecule has 0 spiro atoms. The first kappa shape index (κ1) is 19.2. The van der Waals surface area contributed by atoms with E-state index >= 15 is 0 Å². The van der Waals surface area contributed by atoms with Gasteiger partial charge in [-0.15, -0.1) is 0 Å². The quantitative estimate of drug-likeness (QED) is 0.514. The van der Waals surface area contributed by atoms with Crippen molar-refractivity contribution in [2.75, 3.05) is 33.0 Å². The van der Waals surface area contributed by atoms with Gasteiger partial charge in [0.25, 0.3) is 0 Å². The zero-order chi connectivity index (χ0) is 14.7. The maximum Gasteiger partial charge on any atom is 0.506 e. The van der Waals surface area contributed by atoms with Gasteiger partial charge in [0, 0.05) is 19.8 Å². The van der Waals surface area contributed by atoms with Crippen molar-refractivity contribution < 1.29 is 25.9 Å². The molecule has 0 bridgehead atoms. The summed E-state index contributed by atoms with van der Waals surface area (Å²) in [6.45, 7) is 11.4. The molecule has 2 unspecified atom stereocenters. The van der Waals surface area contributed by atoms with Crippen molar-refractivity contribution >= 4 is 20.2 Å². The van der Waals surface area contributed by atoms with Gasteiger partial charge in [0.05, 0.1) is 18.8 Å². The van der Waals surface area contributed by atoms with Crippen molar-refractivity contribution in [3.05, 3.63) is 0 Å². The molecule has 0 fully saturated rings. The minimum Gasteiger partial charge on any atom is -0.374 e. The smallest absolute Gasteiger partial charge is 0.374 e. The predicted molar refractivity (Wildman–Crippen MR) is 75.8 cm³/mol. The first-order valence-electron chi connectivity index (χ1n) is 6.66. The van der Waals surface area contributed by atoms with E-state index in [1.807, 2.05) is 27.7 Å². The van der Waals surface area contributed by atoms with Crippen LogP contribution in [0.15, 0.2) is 0 Å². The van der Waals surface area contributed by atoms with Crippen molar-refractivity contribution in [1.29, 1.82) is 0 Å². The lowest BCUT2D eigenvalue weighted by Gasteiger charge is -2.32. The minimum atomic E-state index is -2.80. The van der Waals surface area contributed by atoms with E-state index in [1.165, 1.54) is 0 Å². The van der Waals surface area contributed by atoms with Crippen molar-refractivity contribution in [2.24, 2.45) is 0 Å². The highest BCUT2D eigenvalue weighted by molar-refractivity contribution is 7.75. The summed E-state index contributed by atoms with van der Waals surface area (Å²) < 4.78 is 38.5. The van der Waals surface area contributed by atoms with Crippen LogP contribution in [0.25, 0.3) is 0 Å². The van der Waals surface area contributed by atoms with E-state index in [-0.39, 0.29) is 12.1 Å². The molecule has 0 aliphatic carbocycles. The molecule has 0 radical (unpaired) electrons. The summed E-state index contributed by atoms with van der Waals surface area (Å²) in [6, 6.07) is 0. The molecular formula is C11H26O6SSi. The highest BCUT2D eigenvalue weighted by Gasteiger charge is 2.47. The Kier molecular flexibility index (Phi) is 11.0. The van der Waals surface area contributed by atoms with Crippen molar-refractivity contribution in [3.8, 4) is 0 Å². The van der Waals surface area contributed by atoms with Crippen LogP contribution < -0.4 is 0 Å². The molecular weight excluding hydrogens is 288 g/mol. The lowest BCUT2D eigenvalue weighted by atomic mass is 10.5. The Labute approximate surface area is 119 Å². The van der Waals surface area contributed by atoms with Crippen LogP contribution in [0.1, 0.15) is 34.6 Å². The van der Waals surface area contributed by atoms with E-state index in [0.29, 0.717) is 26.4 Å². The van der Waals surface area contributed by atoms with Crippen LogP contribution in [0.5, 0.6) is 0 Å². The second-order valence-electron chi connectivity index (χ2n) is 3.70. The summed E-state index contributed by atoms with van der Waals surface area (Å²) in [4.78, 5) is 0. The second kappa shape index (κ2) is 10.9. The molecule has 19 heavy (non-hydrogen) atoms. The summed E-state index contributed by atoms with van der Waals surface area (Å²) >= 11 is -1.73. The molecule has 0 aliphatic rings. The SMILES string of the molecule is CCOS(=O)OCC(C)[Si](OCC)(OCC)OCC. The van der Waals surface area contributed by atoms with Crippen LogP contribution in [-0.4, -0.2) is 46.0 Å². The van der Waals surface area contributed by atoms with Crippen LogP contribution in [0.3, 0.4) is 0 Å². The largest absolute Gasteiger partial charge is 0.506 e. The van der Waals surface area contributed by atoms with E-state index in [2.05, 4.69) is 0 Å². The third-order valence-electron chi connectivity index (χ3n) is 2.27. The van der Waals surface area contributed by atoms with E-state index in [0.717, 1.165) is 0 Å². The fraction of sp³-hybridized carbons (Fsp3) is 1.00. The zero-order valence-electron chi connectivity index (χ0n) is 12.5. The third-order valence-corrected chi connectivity index (χ3v) is 6.47. The molecule has 0 N–H and O–H groups in total. The maximum atomic E-state index is 11.3. The van der Waals surface area contributed by atoms with Gasteiger partial charge in [0.15, 0.2) is 0 Å². The monoisotopic (exact) mass is 314 g/mol. The summed E-state index contributed by atoms with van der Waals surface area (Å²) in [5.41, 5.74) is -0.114. The Morgan fingerprint density at radius 3 is 1.74 bits per heavy atom. The van der Waals surface area contributed by atoms with Gasteiger partial charge < -0.3 is 13.3 Å². The molecule has 0 aromatic carbocycles. The lowest BCUT2D eigenvalue weighted by Crippen LogP contribution is -2.51. The van der Waals surface area contributed by atoms with Gasteiger partial charge in [0.2, 0.25) is 0 Å². The van der Waals surface area contributed by atoms with Gasteiger partial charge >= 0.3 is 20.2 Å². The lowest BCUT2D eigenvalue weighted by molar-refractivity contribution is 0.0566. The minimum absolute atomic E-state index is 0.114. The Bertz CT molecular complexity index is 236. The van der Waals surface area contributed by atoms with Gasteiger partial charge in [0.1, 0.15) is 0 Å². The summed E-state index contributed by atoms with van der Waals surface area (Å²) in [7, 11) is -2.80. The Hall–Kier alpha value is 0.167. The van der Waals surface area contributed by atoms with Crippen LogP contribution in [0.2, 0.25) is 5.54 Å². The average molecular weight is 314 g/mol. The highest BCUT2D eigenvalue weighted by Crippen LogP contribution is 2.26. The Balaban J connectivity index is 4.58. The molecule has 0 aliphatic heterocycles. The molecule has 8 heteroatoms. The second-order valence-corrected chi connectivity index (χ2v) is 7.64. The molecule has 116 valence electrons. The van der Waals surface area contributed by atoms with E-state index in [9.17, 15) is 4.21 Å². The molecule has 0 rings (SSSR count). The molecule has 2 atom stereocenters. The van der Waals surface area contributed by atoms with E-state index < -0.39 is 20.2 Å². The Morgan fingerprint density at radius 2 is 1.37 bits per heavy atom.